The number of rotatable bonds is 7. The maximum atomic E-state index is 13.4. The van der Waals surface area contributed by atoms with Crippen LogP contribution < -0.4 is 21.9 Å². The molecule has 0 aliphatic heterocycles. The highest BCUT2D eigenvalue weighted by Crippen LogP contribution is 2.29. The van der Waals surface area contributed by atoms with Crippen molar-refractivity contribution < 1.29 is 4.79 Å². The molecule has 0 unspecified atom stereocenters. The number of aromatic nitrogens is 3. The Hall–Kier alpha value is -2.72. The summed E-state index contributed by atoms with van der Waals surface area (Å²) in [4.78, 5) is 47.4. The van der Waals surface area contributed by atoms with Crippen molar-refractivity contribution >= 4 is 40.1 Å². The van der Waals surface area contributed by atoms with Gasteiger partial charge < -0.3 is 5.73 Å². The van der Waals surface area contributed by atoms with E-state index in [0.29, 0.717) is 6.54 Å². The van der Waals surface area contributed by atoms with Crippen LogP contribution in [0.25, 0.3) is 9.88 Å². The molecule has 0 radical (unpaired) electrons. The highest BCUT2D eigenvalue weighted by atomic mass is 32.1. The van der Waals surface area contributed by atoms with Crippen LogP contribution in [0.4, 0.5) is 11.5 Å². The summed E-state index contributed by atoms with van der Waals surface area (Å²) in [6, 6.07) is 3.86. The van der Waals surface area contributed by atoms with Crippen molar-refractivity contribution in [2.24, 2.45) is 11.8 Å². The molecular weight excluding hydrogens is 422 g/mol. The number of carbonyl (C=O) groups excluding carboxylic acids is 1. The predicted molar refractivity (Wildman–Crippen MR) is 123 cm³/mol. The second-order valence-corrected chi connectivity index (χ2v) is 9.63. The van der Waals surface area contributed by atoms with E-state index < -0.39 is 17.2 Å². The fourth-order valence-corrected chi connectivity index (χ4v) is 4.66. The van der Waals surface area contributed by atoms with Crippen LogP contribution >= 0.6 is 22.7 Å². The third-order valence-corrected chi connectivity index (χ3v) is 6.16. The third kappa shape index (κ3) is 4.54. The smallest absolute Gasteiger partial charge is 0.330 e. The minimum absolute atomic E-state index is 0.0137. The molecule has 3 aromatic heterocycles. The summed E-state index contributed by atoms with van der Waals surface area (Å²) in [5.41, 5.74) is 5.20. The lowest BCUT2D eigenvalue weighted by Gasteiger charge is -2.25. The molecule has 160 valence electrons. The summed E-state index contributed by atoms with van der Waals surface area (Å²) in [5.74, 6) is -0.242. The second kappa shape index (κ2) is 8.97. The summed E-state index contributed by atoms with van der Waals surface area (Å²) >= 11 is 2.91. The number of carbonyl (C=O) groups is 1. The number of hydrogen-bond donors (Lipinski definition) is 2. The van der Waals surface area contributed by atoms with Gasteiger partial charge in [-0.3, -0.25) is 24.0 Å². The molecule has 3 aromatic rings. The first-order valence-corrected chi connectivity index (χ1v) is 11.4. The van der Waals surface area contributed by atoms with Gasteiger partial charge in [-0.05, 0) is 23.3 Å². The fraction of sp³-hybridized carbons (Fsp3) is 0.400. The van der Waals surface area contributed by atoms with E-state index in [4.69, 9.17) is 5.73 Å². The van der Waals surface area contributed by atoms with Gasteiger partial charge in [-0.2, -0.15) is 0 Å². The van der Waals surface area contributed by atoms with Crippen molar-refractivity contribution in [3.8, 4) is 9.88 Å². The van der Waals surface area contributed by atoms with E-state index in [1.807, 2.05) is 45.2 Å². The van der Waals surface area contributed by atoms with Gasteiger partial charge in [-0.15, -0.1) is 22.7 Å². The Balaban J connectivity index is 2.08. The maximum absolute atomic E-state index is 13.4. The quantitative estimate of drug-likeness (QED) is 0.577. The lowest BCUT2D eigenvalue weighted by Crippen LogP contribution is -2.43. The molecule has 0 aliphatic carbocycles. The number of nitrogen functional groups attached to an aromatic ring is 1. The zero-order chi connectivity index (χ0) is 22.0. The van der Waals surface area contributed by atoms with Crippen LogP contribution in [0.5, 0.6) is 0 Å². The third-order valence-electron chi connectivity index (χ3n) is 4.28. The Labute approximate surface area is 182 Å². The molecule has 3 N–H and O–H groups in total. The van der Waals surface area contributed by atoms with E-state index in [9.17, 15) is 14.4 Å². The van der Waals surface area contributed by atoms with Crippen molar-refractivity contribution in [2.75, 3.05) is 17.2 Å². The van der Waals surface area contributed by atoms with Crippen LogP contribution in [0, 0.1) is 11.8 Å². The molecule has 0 aliphatic rings. The Morgan fingerprint density at radius 2 is 1.97 bits per heavy atom. The van der Waals surface area contributed by atoms with Gasteiger partial charge in [-0.25, -0.2) is 9.78 Å². The van der Waals surface area contributed by atoms with Crippen LogP contribution in [0.15, 0.2) is 32.5 Å². The number of nitrogens with one attached hydrogen (secondary N) is 1. The minimum Gasteiger partial charge on any atom is -0.383 e. The maximum Gasteiger partial charge on any atom is 0.330 e. The van der Waals surface area contributed by atoms with E-state index in [1.165, 1.54) is 20.8 Å². The molecule has 0 spiro atoms. The number of aromatic amines is 1. The Bertz CT molecular complexity index is 1140. The van der Waals surface area contributed by atoms with Crippen LogP contribution in [0.2, 0.25) is 0 Å². The Morgan fingerprint density at radius 1 is 1.23 bits per heavy atom. The minimum atomic E-state index is -0.680. The molecule has 8 nitrogen and oxygen atoms in total. The van der Waals surface area contributed by atoms with Gasteiger partial charge in [0.05, 0.1) is 4.88 Å². The number of anilines is 2. The topological polar surface area (TPSA) is 114 Å². The van der Waals surface area contributed by atoms with E-state index in [-0.39, 0.29) is 35.6 Å². The van der Waals surface area contributed by atoms with Crippen LogP contribution in [-0.4, -0.2) is 27.0 Å². The van der Waals surface area contributed by atoms with E-state index in [2.05, 4.69) is 9.97 Å². The van der Waals surface area contributed by atoms with Crippen molar-refractivity contribution in [1.29, 1.82) is 0 Å². The van der Waals surface area contributed by atoms with Gasteiger partial charge in [0.25, 0.3) is 11.5 Å². The Kier molecular flexibility index (Phi) is 6.57. The Morgan fingerprint density at radius 3 is 2.57 bits per heavy atom. The molecule has 3 rings (SSSR count). The lowest BCUT2D eigenvalue weighted by atomic mass is 10.2. The number of nitrogens with two attached hydrogens (primary N) is 1. The summed E-state index contributed by atoms with van der Waals surface area (Å²) < 4.78 is 1.31. The van der Waals surface area contributed by atoms with Crippen molar-refractivity contribution in [3.05, 3.63) is 49.4 Å². The van der Waals surface area contributed by atoms with Crippen molar-refractivity contribution in [1.82, 2.24) is 14.5 Å². The largest absolute Gasteiger partial charge is 0.383 e. The van der Waals surface area contributed by atoms with Crippen LogP contribution in [0.3, 0.4) is 0 Å². The highest BCUT2D eigenvalue weighted by Gasteiger charge is 2.27. The molecule has 3 heterocycles. The molecule has 0 aromatic carbocycles. The number of H-pyrrole nitrogens is 1. The molecule has 0 bridgehead atoms. The number of amides is 1. The van der Waals surface area contributed by atoms with Crippen molar-refractivity contribution in [3.63, 3.8) is 0 Å². The van der Waals surface area contributed by atoms with Gasteiger partial charge >= 0.3 is 5.69 Å². The normalized spacial score (nSPS) is 11.4. The second-order valence-electron chi connectivity index (χ2n) is 7.82. The monoisotopic (exact) mass is 447 g/mol. The van der Waals surface area contributed by atoms with E-state index in [0.717, 1.165) is 9.88 Å². The molecule has 1 amide bonds. The average Bonchev–Trinajstić information content (AvgIpc) is 3.34. The average molecular weight is 448 g/mol. The van der Waals surface area contributed by atoms with E-state index in [1.54, 1.807) is 16.7 Å². The summed E-state index contributed by atoms with van der Waals surface area (Å²) in [6.45, 7) is 8.35. The first kappa shape index (κ1) is 22.0. The van der Waals surface area contributed by atoms with Gasteiger partial charge in [0.15, 0.2) is 5.69 Å². The standard InChI is InChI=1S/C20H25N5O3S2/c1-11(2)8-24(15-16(21)25(9-12(3)4)20(28)23-17(15)26)19(27)13-10-30-18(22-13)14-6-5-7-29-14/h5-7,10-12H,8-9,21H2,1-4H3,(H,23,26,28). The molecule has 0 atom stereocenters. The van der Waals surface area contributed by atoms with Crippen LogP contribution in [0.1, 0.15) is 38.2 Å². The van der Waals surface area contributed by atoms with E-state index >= 15 is 0 Å². The van der Waals surface area contributed by atoms with Crippen LogP contribution in [-0.2, 0) is 6.54 Å². The molecule has 0 saturated carbocycles. The van der Waals surface area contributed by atoms with Crippen molar-refractivity contribution in [2.45, 2.75) is 34.2 Å². The van der Waals surface area contributed by atoms with Gasteiger partial charge in [0.2, 0.25) is 0 Å². The highest BCUT2D eigenvalue weighted by molar-refractivity contribution is 7.20. The number of nitrogens with zero attached hydrogens (tertiary/aromatic N) is 3. The van der Waals surface area contributed by atoms with Gasteiger partial charge in [-0.1, -0.05) is 33.8 Å². The summed E-state index contributed by atoms with van der Waals surface area (Å²) in [7, 11) is 0. The summed E-state index contributed by atoms with van der Waals surface area (Å²) in [6.07, 6.45) is 0. The molecule has 0 saturated heterocycles. The lowest BCUT2D eigenvalue weighted by molar-refractivity contribution is 0.0979. The molecule has 10 heteroatoms. The molecule has 0 fully saturated rings. The molecular formula is C20H25N5O3S2. The predicted octanol–water partition coefficient (Wildman–Crippen LogP) is 3.26. The fourth-order valence-electron chi connectivity index (χ4n) is 3.05. The van der Waals surface area contributed by atoms with Gasteiger partial charge in [0, 0.05) is 18.5 Å². The first-order chi connectivity index (χ1) is 14.2. The zero-order valence-electron chi connectivity index (χ0n) is 17.3. The SMILES string of the molecule is CC(C)CN(C(=O)c1csc(-c2cccs2)n1)c1c(N)n(CC(C)C)c(=O)[nH]c1=O. The first-order valence-electron chi connectivity index (χ1n) is 9.62. The molecule has 30 heavy (non-hydrogen) atoms. The zero-order valence-corrected chi connectivity index (χ0v) is 19.0. The van der Waals surface area contributed by atoms with Gasteiger partial charge in [0.1, 0.15) is 16.5 Å². The number of hydrogen-bond acceptors (Lipinski definition) is 7. The summed E-state index contributed by atoms with van der Waals surface area (Å²) in [5, 5.41) is 4.37. The number of thiophene rings is 1. The number of thiazole rings is 1.